The van der Waals surface area contributed by atoms with E-state index in [4.69, 9.17) is 37.9 Å². The van der Waals surface area contributed by atoms with Crippen LogP contribution in [0.3, 0.4) is 0 Å². The number of carbonyl (C=O) groups is 1. The predicted octanol–water partition coefficient (Wildman–Crippen LogP) is 4.11. The fraction of sp³-hybridized carbons (Fsp3) is 0.615. The molecule has 22 nitrogen and oxygen atoms in total. The van der Waals surface area contributed by atoms with E-state index in [2.05, 4.69) is 93.8 Å². The highest BCUT2D eigenvalue weighted by molar-refractivity contribution is 7.81. The maximum Gasteiger partial charge on any atom is 0.399 e. The van der Waals surface area contributed by atoms with Crippen LogP contribution in [0.2, 0.25) is 0 Å². The number of morpholine rings is 4. The van der Waals surface area contributed by atoms with Gasteiger partial charge in [0.25, 0.3) is 0 Å². The molecule has 4 aromatic carbocycles. The zero-order valence-corrected chi connectivity index (χ0v) is 57.8. The molecule has 0 radical (unpaired) electrons. The van der Waals surface area contributed by atoms with Crippen molar-refractivity contribution in [3.63, 3.8) is 0 Å². The second kappa shape index (κ2) is 41.2. The second-order valence-corrected chi connectivity index (χ2v) is 25.2. The van der Waals surface area contributed by atoms with E-state index in [-0.39, 0.29) is 38.8 Å². The van der Waals surface area contributed by atoms with E-state index in [9.17, 15) is 31.3 Å². The number of aliphatic hydroxyl groups is 1. The largest absolute Gasteiger partial charge is 1.00 e. The summed E-state index contributed by atoms with van der Waals surface area (Å²) in [6.07, 6.45) is 2.83. The molecule has 4 aromatic rings. The lowest BCUT2D eigenvalue weighted by molar-refractivity contribution is -0.947. The van der Waals surface area contributed by atoms with Crippen molar-refractivity contribution in [2.45, 2.75) is 94.3 Å². The molecule has 0 amide bonds. The first kappa shape index (κ1) is 79.7. The van der Waals surface area contributed by atoms with Crippen molar-refractivity contribution >= 4 is 27.1 Å². The molecule has 5 aliphatic heterocycles. The minimum atomic E-state index is -4.62. The molecule has 0 spiro atoms. The number of nitrogens with zero attached hydrogens (tertiary/aromatic N) is 3. The number of nitrogens with one attached hydrogen (secondary N) is 1. The fourth-order valence-corrected chi connectivity index (χ4v) is 11.8. The van der Waals surface area contributed by atoms with Crippen molar-refractivity contribution < 1.29 is 103 Å². The van der Waals surface area contributed by atoms with Gasteiger partial charge in [0.1, 0.15) is 68.6 Å². The number of carbonyl (C=O) groups excluding carboxylic acids is 1. The number of benzene rings is 4. The number of hydrogen-bond acceptors (Lipinski definition) is 20. The van der Waals surface area contributed by atoms with Crippen molar-refractivity contribution in [3.8, 4) is 23.0 Å². The number of aldehydes is 1. The maximum atomic E-state index is 10.6. The van der Waals surface area contributed by atoms with Crippen molar-refractivity contribution in [2.24, 2.45) is 0 Å². The standard InChI is InChI=1S/C17H27NO6S.C17H28NO3.C14H21NO2.C10H12O2.C4H9NO.C3H6O4S.ClH/c1-14-11-16(12-17(22-3)15(14)2)13-18(6-9-23-10-7-18)5-4-8-24-25(19,20)21;1-14-11-16(12-17(20-3)15(14)2)13-18(5-4-8-19)6-9-21-10-7-18;1-11-8-13(9-14(16-3)12(11)2)10-15-4-6-17-7-5-15;1-7-4-9(6-11)5-10(12-3)8(7)2;1-3-6-4-2-5-1;4-8(5)6-2-1-3-7-8;/h11-12H,4-10,13H2,1-3H3;11-12,19H,4-10,13H2,1-3H3;8-9H,4-7,10H2,1-3H3;4-6H,1-3H3;5H,1-4H2;1-3H2;1H/q;+1;;;;;/p-1. The number of aliphatic hydroxyl groups excluding tert-OH is 1. The Kier molecular flexibility index (Phi) is 36.5. The zero-order valence-electron chi connectivity index (χ0n) is 55.4. The van der Waals surface area contributed by atoms with E-state index < -0.39 is 20.8 Å². The number of hydrogen-bond donors (Lipinski definition) is 2. The highest BCUT2D eigenvalue weighted by Crippen LogP contribution is 2.30. The van der Waals surface area contributed by atoms with Gasteiger partial charge in [-0.1, -0.05) is 6.07 Å². The molecule has 5 fully saturated rings. The topological polar surface area (TPSA) is 245 Å². The van der Waals surface area contributed by atoms with Gasteiger partial charge >= 0.3 is 10.4 Å². The molecule has 0 unspecified atom stereocenters. The van der Waals surface area contributed by atoms with Gasteiger partial charge in [0.05, 0.1) is 114 Å². The molecule has 0 aliphatic carbocycles. The van der Waals surface area contributed by atoms with Crippen LogP contribution in [0.5, 0.6) is 23.0 Å². The third-order valence-corrected chi connectivity index (χ3v) is 17.8. The van der Waals surface area contributed by atoms with E-state index in [0.29, 0.717) is 31.6 Å². The molecule has 5 saturated heterocycles. The highest BCUT2D eigenvalue weighted by Gasteiger charge is 2.32. The Morgan fingerprint density at radius 2 is 0.956 bits per heavy atom. The summed E-state index contributed by atoms with van der Waals surface area (Å²) in [5.41, 5.74) is 14.0. The van der Waals surface area contributed by atoms with Crippen LogP contribution in [0.25, 0.3) is 0 Å². The van der Waals surface area contributed by atoms with Gasteiger partial charge < -0.3 is 74.2 Å². The van der Waals surface area contributed by atoms with E-state index in [0.717, 1.165) is 186 Å². The first-order valence-corrected chi connectivity index (χ1v) is 33.3. The summed E-state index contributed by atoms with van der Waals surface area (Å²) in [5, 5.41) is 12.3. The number of ether oxygens (including phenoxy) is 8. The van der Waals surface area contributed by atoms with Crippen LogP contribution < -0.4 is 36.7 Å². The number of methoxy groups -OCH3 is 4. The number of rotatable bonds is 19. The lowest BCUT2D eigenvalue weighted by Gasteiger charge is -2.41. The van der Waals surface area contributed by atoms with Crippen LogP contribution in [0.1, 0.15) is 90.8 Å². The molecular formula is C65H103ClN4O18S2. The maximum absolute atomic E-state index is 10.6. The summed E-state index contributed by atoms with van der Waals surface area (Å²) >= 11 is 0. The Hall–Kier alpha value is -4.58. The van der Waals surface area contributed by atoms with Crippen molar-refractivity contribution in [2.75, 3.05) is 173 Å². The van der Waals surface area contributed by atoms with Crippen LogP contribution >= 0.6 is 0 Å². The SMILES string of the molecule is C1COCCN1.COc1cc(C=O)cc(C)c1C.COc1cc(CN2CCOCC2)cc(C)c1C.COc1cc(C[N+]2(CCCO)CCOCC2)cc(C)c1C.COc1cc(C[N+]2(CCCOS(=O)(=O)[O-])CCOCC2)cc(C)c1C.O=S1(=O)OCCCO1.[Cl-]. The molecular weight excluding hydrogens is 1220 g/mol. The van der Waals surface area contributed by atoms with E-state index in [1.54, 1.807) is 34.5 Å². The van der Waals surface area contributed by atoms with Gasteiger partial charge in [-0.25, -0.2) is 16.8 Å². The van der Waals surface area contributed by atoms with Gasteiger partial charge in [-0.2, -0.15) is 8.42 Å². The first-order chi connectivity index (χ1) is 42.4. The fourth-order valence-electron chi connectivity index (χ4n) is 10.8. The Morgan fingerprint density at radius 1 is 0.567 bits per heavy atom. The van der Waals surface area contributed by atoms with Crippen molar-refractivity contribution in [1.82, 2.24) is 10.2 Å². The molecule has 510 valence electrons. The van der Waals surface area contributed by atoms with E-state index in [1.165, 1.54) is 44.5 Å². The molecule has 5 heterocycles. The molecule has 2 N–H and O–H groups in total. The molecule has 0 atom stereocenters. The predicted molar refractivity (Wildman–Crippen MR) is 341 cm³/mol. The highest BCUT2D eigenvalue weighted by atomic mass is 35.5. The molecule has 0 aromatic heterocycles. The summed E-state index contributed by atoms with van der Waals surface area (Å²) in [5.74, 6) is 3.62. The molecule has 0 bridgehead atoms. The van der Waals surface area contributed by atoms with E-state index >= 15 is 0 Å². The van der Waals surface area contributed by atoms with Gasteiger partial charge in [-0.3, -0.25) is 13.9 Å². The summed E-state index contributed by atoms with van der Waals surface area (Å²) in [6, 6.07) is 16.7. The quantitative estimate of drug-likeness (QED) is 0.0441. The number of halogens is 1. The smallest absolute Gasteiger partial charge is 0.399 e. The normalized spacial score (nSPS) is 17.5. The average molecular weight is 1330 g/mol. The van der Waals surface area contributed by atoms with Gasteiger partial charge in [0, 0.05) is 68.9 Å². The van der Waals surface area contributed by atoms with Gasteiger partial charge in [0.2, 0.25) is 10.4 Å². The summed E-state index contributed by atoms with van der Waals surface area (Å²) in [7, 11) is -1.46. The minimum Gasteiger partial charge on any atom is -1.00 e. The Bertz CT molecular complexity index is 2970. The summed E-state index contributed by atoms with van der Waals surface area (Å²) in [6.45, 7) is 36.0. The number of quaternary nitrogens is 2. The minimum absolute atomic E-state index is 0. The first-order valence-electron chi connectivity index (χ1n) is 30.7. The van der Waals surface area contributed by atoms with Gasteiger partial charge in [-0.15, -0.1) is 0 Å². The van der Waals surface area contributed by atoms with Crippen molar-refractivity contribution in [3.05, 3.63) is 115 Å². The third kappa shape index (κ3) is 28.3. The lowest BCUT2D eigenvalue weighted by Crippen LogP contribution is -3.00. The van der Waals surface area contributed by atoms with Crippen LogP contribution in [-0.2, 0) is 71.9 Å². The molecule has 5 aliphatic rings. The zero-order chi connectivity index (χ0) is 65.5. The monoisotopic (exact) mass is 1330 g/mol. The van der Waals surface area contributed by atoms with Crippen LogP contribution in [0.4, 0.5) is 0 Å². The van der Waals surface area contributed by atoms with Crippen molar-refractivity contribution in [1.29, 1.82) is 0 Å². The Labute approximate surface area is 543 Å². The summed E-state index contributed by atoms with van der Waals surface area (Å²) in [4.78, 5) is 12.9. The van der Waals surface area contributed by atoms with Crippen LogP contribution in [0, 0.1) is 55.4 Å². The number of aryl methyl sites for hydroxylation is 4. The molecule has 0 saturated carbocycles. The third-order valence-electron chi connectivity index (χ3n) is 16.5. The van der Waals surface area contributed by atoms with Crippen LogP contribution in [-0.4, -0.2) is 220 Å². The summed E-state index contributed by atoms with van der Waals surface area (Å²) < 4.78 is 110. The second-order valence-electron chi connectivity index (χ2n) is 22.9. The average Bonchev–Trinajstić information content (AvgIpc) is 2.83. The lowest BCUT2D eigenvalue weighted by atomic mass is 10.0. The van der Waals surface area contributed by atoms with Gasteiger partial charge in [-0.05, 0) is 154 Å². The van der Waals surface area contributed by atoms with E-state index in [1.807, 2.05) is 26.8 Å². The Balaban J connectivity index is 0.000000296. The Morgan fingerprint density at radius 3 is 1.32 bits per heavy atom. The van der Waals surface area contributed by atoms with Crippen LogP contribution in [0.15, 0.2) is 48.5 Å². The molecule has 25 heteroatoms. The van der Waals surface area contributed by atoms with Gasteiger partial charge in [0.15, 0.2) is 0 Å². The molecule has 90 heavy (non-hydrogen) atoms. The molecule has 9 rings (SSSR count).